The number of imidazole rings is 1. The van der Waals surface area contributed by atoms with E-state index in [-0.39, 0.29) is 18.1 Å². The molecular formula is C18H15FN4O2. The molecule has 2 aromatic heterocycles. The zero-order valence-electron chi connectivity index (χ0n) is 13.3. The highest BCUT2D eigenvalue weighted by molar-refractivity contribution is 5.86. The number of hydrogen-bond acceptors (Lipinski definition) is 4. The molecule has 0 aliphatic carbocycles. The fourth-order valence-corrected chi connectivity index (χ4v) is 2.75. The minimum Gasteiger partial charge on any atom is -0.356 e. The van der Waals surface area contributed by atoms with Gasteiger partial charge in [-0.25, -0.2) is 9.37 Å². The van der Waals surface area contributed by atoms with Gasteiger partial charge in [0.05, 0.1) is 17.5 Å². The Hall–Kier alpha value is -3.22. The normalized spacial score (nSPS) is 11.2. The van der Waals surface area contributed by atoms with Crippen molar-refractivity contribution in [3.63, 3.8) is 0 Å². The standard InChI is InChI=1S/C18H15FN4O2/c19-11-5-6-13-15(9-11)22-17(21-13)7-8-20-18(24)10-14-12-3-1-2-4-16(12)25-23-14/h1-6,9H,7-8,10H2,(H,20,24)(H,21,22). The average Bonchev–Trinajstić information content (AvgIpc) is 3.18. The number of halogens is 1. The number of fused-ring (bicyclic) bond motifs is 2. The van der Waals surface area contributed by atoms with E-state index in [0.717, 1.165) is 5.39 Å². The Kier molecular flexibility index (Phi) is 3.89. The number of hydrogen-bond donors (Lipinski definition) is 2. The van der Waals surface area contributed by atoms with Gasteiger partial charge in [-0.05, 0) is 30.3 Å². The molecule has 0 atom stereocenters. The lowest BCUT2D eigenvalue weighted by Crippen LogP contribution is -2.27. The smallest absolute Gasteiger partial charge is 0.226 e. The van der Waals surface area contributed by atoms with E-state index < -0.39 is 0 Å². The fraction of sp³-hybridized carbons (Fsp3) is 0.167. The van der Waals surface area contributed by atoms with E-state index in [0.29, 0.717) is 41.1 Å². The Morgan fingerprint density at radius 2 is 2.12 bits per heavy atom. The number of aromatic amines is 1. The molecule has 1 amide bonds. The molecule has 0 saturated carbocycles. The Labute approximate surface area is 142 Å². The van der Waals surface area contributed by atoms with Crippen molar-refractivity contribution in [2.75, 3.05) is 6.54 Å². The monoisotopic (exact) mass is 338 g/mol. The van der Waals surface area contributed by atoms with Crippen molar-refractivity contribution in [2.45, 2.75) is 12.8 Å². The molecule has 2 heterocycles. The van der Waals surface area contributed by atoms with Crippen molar-refractivity contribution >= 4 is 27.9 Å². The van der Waals surface area contributed by atoms with Crippen LogP contribution >= 0.6 is 0 Å². The number of benzene rings is 2. The summed E-state index contributed by atoms with van der Waals surface area (Å²) in [4.78, 5) is 19.5. The quantitative estimate of drug-likeness (QED) is 0.586. The minimum absolute atomic E-state index is 0.138. The molecular weight excluding hydrogens is 323 g/mol. The lowest BCUT2D eigenvalue weighted by Gasteiger charge is -2.02. The summed E-state index contributed by atoms with van der Waals surface area (Å²) in [7, 11) is 0. The lowest BCUT2D eigenvalue weighted by molar-refractivity contribution is -0.120. The molecule has 4 rings (SSSR count). The third kappa shape index (κ3) is 3.21. The summed E-state index contributed by atoms with van der Waals surface area (Å²) in [5.74, 6) is 0.254. The summed E-state index contributed by atoms with van der Waals surface area (Å²) in [6.07, 6.45) is 0.684. The number of carbonyl (C=O) groups excluding carboxylic acids is 1. The van der Waals surface area contributed by atoms with E-state index in [1.165, 1.54) is 12.1 Å². The van der Waals surface area contributed by atoms with Gasteiger partial charge in [0.25, 0.3) is 0 Å². The van der Waals surface area contributed by atoms with Crippen LogP contribution in [-0.2, 0) is 17.6 Å². The number of carbonyl (C=O) groups is 1. The van der Waals surface area contributed by atoms with Gasteiger partial charge in [-0.15, -0.1) is 0 Å². The second kappa shape index (κ2) is 6.35. The van der Waals surface area contributed by atoms with Crippen molar-refractivity contribution in [1.29, 1.82) is 0 Å². The van der Waals surface area contributed by atoms with Crippen LogP contribution in [0.1, 0.15) is 11.5 Å². The SMILES string of the molecule is O=C(Cc1noc2ccccc12)NCCc1nc2ccc(F)cc2[nH]1. The maximum atomic E-state index is 13.2. The van der Waals surface area contributed by atoms with Crippen molar-refractivity contribution in [3.05, 3.63) is 59.8 Å². The number of H-pyrrole nitrogens is 1. The van der Waals surface area contributed by atoms with E-state index in [1.54, 1.807) is 6.07 Å². The van der Waals surface area contributed by atoms with Crippen LogP contribution in [0, 0.1) is 5.82 Å². The second-order valence-electron chi connectivity index (χ2n) is 5.75. The van der Waals surface area contributed by atoms with Crippen LogP contribution in [0.2, 0.25) is 0 Å². The van der Waals surface area contributed by atoms with Crippen LogP contribution in [0.5, 0.6) is 0 Å². The van der Waals surface area contributed by atoms with Gasteiger partial charge in [0.15, 0.2) is 5.58 Å². The first-order valence-corrected chi connectivity index (χ1v) is 7.93. The summed E-state index contributed by atoms with van der Waals surface area (Å²) in [5.41, 5.74) is 2.64. The van der Waals surface area contributed by atoms with E-state index in [2.05, 4.69) is 20.4 Å². The summed E-state index contributed by atoms with van der Waals surface area (Å²) < 4.78 is 18.4. The largest absolute Gasteiger partial charge is 0.356 e. The molecule has 0 bridgehead atoms. The molecule has 25 heavy (non-hydrogen) atoms. The van der Waals surface area contributed by atoms with Gasteiger partial charge < -0.3 is 14.8 Å². The average molecular weight is 338 g/mol. The van der Waals surface area contributed by atoms with Gasteiger partial charge in [-0.1, -0.05) is 17.3 Å². The molecule has 2 N–H and O–H groups in total. The number of aromatic nitrogens is 3. The van der Waals surface area contributed by atoms with Gasteiger partial charge in [-0.3, -0.25) is 4.79 Å². The molecule has 0 fully saturated rings. The van der Waals surface area contributed by atoms with Gasteiger partial charge in [0.2, 0.25) is 5.91 Å². The minimum atomic E-state index is -0.309. The summed E-state index contributed by atoms with van der Waals surface area (Å²) in [6, 6.07) is 11.8. The highest BCUT2D eigenvalue weighted by Gasteiger charge is 2.12. The topological polar surface area (TPSA) is 83.8 Å². The van der Waals surface area contributed by atoms with Gasteiger partial charge >= 0.3 is 0 Å². The van der Waals surface area contributed by atoms with E-state index >= 15 is 0 Å². The van der Waals surface area contributed by atoms with Crippen LogP contribution in [-0.4, -0.2) is 27.6 Å². The lowest BCUT2D eigenvalue weighted by atomic mass is 10.1. The van der Waals surface area contributed by atoms with Crippen molar-refractivity contribution in [3.8, 4) is 0 Å². The predicted molar refractivity (Wildman–Crippen MR) is 90.5 cm³/mol. The Bertz CT molecular complexity index is 1050. The Morgan fingerprint density at radius 3 is 3.04 bits per heavy atom. The Morgan fingerprint density at radius 1 is 1.24 bits per heavy atom. The first-order valence-electron chi connectivity index (χ1n) is 7.93. The first kappa shape index (κ1) is 15.3. The van der Waals surface area contributed by atoms with Crippen LogP contribution in [0.4, 0.5) is 4.39 Å². The van der Waals surface area contributed by atoms with Crippen molar-refractivity contribution in [1.82, 2.24) is 20.4 Å². The van der Waals surface area contributed by atoms with E-state index in [1.807, 2.05) is 24.3 Å². The van der Waals surface area contributed by atoms with Crippen LogP contribution in [0.15, 0.2) is 47.0 Å². The molecule has 4 aromatic rings. The summed E-state index contributed by atoms with van der Waals surface area (Å²) >= 11 is 0. The molecule has 126 valence electrons. The number of rotatable bonds is 5. The highest BCUT2D eigenvalue weighted by atomic mass is 19.1. The molecule has 0 aliphatic rings. The van der Waals surface area contributed by atoms with Crippen LogP contribution < -0.4 is 5.32 Å². The van der Waals surface area contributed by atoms with E-state index in [9.17, 15) is 9.18 Å². The summed E-state index contributed by atoms with van der Waals surface area (Å²) in [5, 5.41) is 7.63. The van der Waals surface area contributed by atoms with Gasteiger partial charge in [-0.2, -0.15) is 0 Å². The molecule has 0 unspecified atom stereocenters. The maximum Gasteiger partial charge on any atom is 0.226 e. The van der Waals surface area contributed by atoms with Crippen LogP contribution in [0.3, 0.4) is 0 Å². The van der Waals surface area contributed by atoms with Gasteiger partial charge in [0, 0.05) is 18.4 Å². The summed E-state index contributed by atoms with van der Waals surface area (Å²) in [6.45, 7) is 0.428. The van der Waals surface area contributed by atoms with Crippen LogP contribution in [0.25, 0.3) is 22.0 Å². The zero-order chi connectivity index (χ0) is 17.2. The molecule has 2 aromatic carbocycles. The third-order valence-electron chi connectivity index (χ3n) is 3.96. The third-order valence-corrected chi connectivity index (χ3v) is 3.96. The van der Waals surface area contributed by atoms with Gasteiger partial charge in [0.1, 0.15) is 17.3 Å². The fourth-order valence-electron chi connectivity index (χ4n) is 2.75. The zero-order valence-corrected chi connectivity index (χ0v) is 13.3. The van der Waals surface area contributed by atoms with E-state index in [4.69, 9.17) is 4.52 Å². The second-order valence-corrected chi connectivity index (χ2v) is 5.75. The van der Waals surface area contributed by atoms with Crippen molar-refractivity contribution < 1.29 is 13.7 Å². The van der Waals surface area contributed by atoms with Crippen molar-refractivity contribution in [2.24, 2.45) is 0 Å². The molecule has 0 radical (unpaired) electrons. The molecule has 7 heteroatoms. The molecule has 6 nitrogen and oxygen atoms in total. The molecule has 0 saturated heterocycles. The maximum absolute atomic E-state index is 13.2. The molecule has 0 spiro atoms. The molecule has 0 aliphatic heterocycles. The Balaban J connectivity index is 1.35. The number of para-hydroxylation sites is 1. The number of nitrogens with zero attached hydrogens (tertiary/aromatic N) is 2. The first-order chi connectivity index (χ1) is 12.2. The predicted octanol–water partition coefficient (Wildman–Crippen LogP) is 2.74. The highest BCUT2D eigenvalue weighted by Crippen LogP contribution is 2.18. The number of amides is 1. The number of nitrogens with one attached hydrogen (secondary N) is 2.